The van der Waals surface area contributed by atoms with E-state index in [9.17, 15) is 14.9 Å². The lowest BCUT2D eigenvalue weighted by Gasteiger charge is -2.29. The molecule has 4 heterocycles. The summed E-state index contributed by atoms with van der Waals surface area (Å²) in [6, 6.07) is 12.0. The minimum atomic E-state index is -0.562. The van der Waals surface area contributed by atoms with Crippen LogP contribution in [0, 0.1) is 11.3 Å². The molecule has 1 aliphatic rings. The number of ether oxygens (including phenoxy) is 1. The Morgan fingerprint density at radius 3 is 2.40 bits per heavy atom. The number of nitrogens with zero attached hydrogens (tertiary/aromatic N) is 7. The summed E-state index contributed by atoms with van der Waals surface area (Å²) in [4.78, 5) is 39.0. The van der Waals surface area contributed by atoms with Gasteiger partial charge in [-0.3, -0.25) is 14.5 Å². The number of pyridine rings is 1. The number of methoxy groups -OCH3 is 1. The number of halogens is 1. The number of carbonyl (C=O) groups is 1. The van der Waals surface area contributed by atoms with Gasteiger partial charge in [0.15, 0.2) is 0 Å². The quantitative estimate of drug-likeness (QED) is 0.341. The predicted octanol–water partition coefficient (Wildman–Crippen LogP) is 4.57. The van der Waals surface area contributed by atoms with Crippen LogP contribution in [0.25, 0.3) is 11.3 Å². The van der Waals surface area contributed by atoms with Crippen molar-refractivity contribution in [2.24, 2.45) is 7.05 Å². The highest BCUT2D eigenvalue weighted by Crippen LogP contribution is 2.47. The third kappa shape index (κ3) is 4.28. The maximum Gasteiger partial charge on any atom is 0.269 e. The molecule has 204 valence electrons. The van der Waals surface area contributed by atoms with E-state index in [-0.39, 0.29) is 22.5 Å². The van der Waals surface area contributed by atoms with Crippen LogP contribution in [0.5, 0.6) is 5.88 Å². The molecule has 1 amide bonds. The van der Waals surface area contributed by atoms with Crippen molar-refractivity contribution in [3.05, 3.63) is 86.6 Å². The Morgan fingerprint density at radius 1 is 1.12 bits per heavy atom. The molecule has 1 unspecified atom stereocenters. The molecule has 11 heteroatoms. The fourth-order valence-corrected chi connectivity index (χ4v) is 5.37. The number of rotatable bonds is 6. The van der Waals surface area contributed by atoms with Crippen LogP contribution >= 0.6 is 11.6 Å². The minimum absolute atomic E-state index is 0.0123. The van der Waals surface area contributed by atoms with E-state index in [4.69, 9.17) is 16.3 Å². The number of carbonyl (C=O) groups excluding carboxylic acids is 1. The van der Waals surface area contributed by atoms with E-state index in [2.05, 4.69) is 20.6 Å². The summed E-state index contributed by atoms with van der Waals surface area (Å²) in [5.41, 5.74) is 4.10. The van der Waals surface area contributed by atoms with E-state index in [1.807, 2.05) is 46.1 Å². The van der Waals surface area contributed by atoms with Crippen LogP contribution in [0.15, 0.2) is 53.6 Å². The van der Waals surface area contributed by atoms with Gasteiger partial charge in [-0.1, -0.05) is 23.7 Å². The van der Waals surface area contributed by atoms with E-state index < -0.39 is 6.04 Å². The Hall–Kier alpha value is -4.62. The van der Waals surface area contributed by atoms with Gasteiger partial charge in [0.05, 0.1) is 46.9 Å². The van der Waals surface area contributed by atoms with Crippen molar-refractivity contribution < 1.29 is 9.53 Å². The maximum atomic E-state index is 14.2. The van der Waals surface area contributed by atoms with E-state index in [1.54, 1.807) is 48.5 Å². The van der Waals surface area contributed by atoms with Crippen LogP contribution in [0.4, 0.5) is 11.6 Å². The van der Waals surface area contributed by atoms with Crippen molar-refractivity contribution in [3.8, 4) is 23.2 Å². The molecule has 0 radical (unpaired) electrons. The van der Waals surface area contributed by atoms with Crippen LogP contribution in [-0.2, 0) is 7.05 Å². The summed E-state index contributed by atoms with van der Waals surface area (Å²) >= 11 is 6.28. The number of aryl methyl sites for hydroxylation is 1. The van der Waals surface area contributed by atoms with Gasteiger partial charge < -0.3 is 18.8 Å². The Labute approximate surface area is 236 Å². The number of aromatic nitrogens is 4. The molecule has 0 fully saturated rings. The summed E-state index contributed by atoms with van der Waals surface area (Å²) < 4.78 is 9.11. The molecule has 5 rings (SSSR count). The molecule has 1 aromatic carbocycles. The first-order valence-electron chi connectivity index (χ1n) is 12.6. The zero-order valence-corrected chi connectivity index (χ0v) is 23.8. The highest BCUT2D eigenvalue weighted by Gasteiger charge is 2.44. The lowest BCUT2D eigenvalue weighted by Crippen LogP contribution is -2.31. The number of fused-ring (bicyclic) bond motifs is 1. The van der Waals surface area contributed by atoms with Gasteiger partial charge in [-0.05, 0) is 43.7 Å². The molecule has 3 aromatic heterocycles. The lowest BCUT2D eigenvalue weighted by molar-refractivity contribution is 0.0993. The Kier molecular flexibility index (Phi) is 6.85. The fraction of sp³-hybridized carbons (Fsp3) is 0.276. The summed E-state index contributed by atoms with van der Waals surface area (Å²) in [7, 11) is 6.84. The van der Waals surface area contributed by atoms with E-state index in [0.29, 0.717) is 34.2 Å². The van der Waals surface area contributed by atoms with Gasteiger partial charge in [0.2, 0.25) is 11.8 Å². The van der Waals surface area contributed by atoms with Crippen molar-refractivity contribution in [2.45, 2.75) is 25.9 Å². The number of anilines is 2. The first-order valence-corrected chi connectivity index (χ1v) is 13.0. The Balaban J connectivity index is 1.78. The average molecular weight is 558 g/mol. The molecule has 0 N–H and O–H groups in total. The number of hydrogen-bond acceptors (Lipinski definition) is 7. The third-order valence-electron chi connectivity index (χ3n) is 6.93. The molecule has 1 atom stereocenters. The molecule has 1 aliphatic heterocycles. The Morgan fingerprint density at radius 2 is 1.82 bits per heavy atom. The van der Waals surface area contributed by atoms with Crippen molar-refractivity contribution in [2.75, 3.05) is 31.0 Å². The number of amides is 1. The number of hydrogen-bond donors (Lipinski definition) is 0. The molecule has 0 spiro atoms. The second-order valence-corrected chi connectivity index (χ2v) is 10.5. The topological polar surface area (TPSA) is 109 Å². The van der Waals surface area contributed by atoms with Crippen molar-refractivity contribution in [1.29, 1.82) is 5.26 Å². The van der Waals surface area contributed by atoms with Crippen LogP contribution in [0.2, 0.25) is 5.02 Å². The number of nitriles is 1. The lowest BCUT2D eigenvalue weighted by atomic mass is 10.0. The van der Waals surface area contributed by atoms with E-state index in [1.165, 1.54) is 10.6 Å². The predicted molar refractivity (Wildman–Crippen MR) is 153 cm³/mol. The van der Waals surface area contributed by atoms with Gasteiger partial charge in [-0.15, -0.1) is 0 Å². The summed E-state index contributed by atoms with van der Waals surface area (Å²) in [5, 5.41) is 9.38. The van der Waals surface area contributed by atoms with Crippen molar-refractivity contribution >= 4 is 29.1 Å². The van der Waals surface area contributed by atoms with Crippen LogP contribution < -0.4 is 20.1 Å². The van der Waals surface area contributed by atoms with Crippen molar-refractivity contribution in [3.63, 3.8) is 0 Å². The number of benzene rings is 1. The van der Waals surface area contributed by atoms with Crippen LogP contribution in [-0.4, -0.2) is 46.2 Å². The summed E-state index contributed by atoms with van der Waals surface area (Å²) in [5.74, 6) is 0.644. The third-order valence-corrected chi connectivity index (χ3v) is 7.20. The first-order chi connectivity index (χ1) is 19.1. The zero-order chi connectivity index (χ0) is 28.9. The van der Waals surface area contributed by atoms with E-state index in [0.717, 1.165) is 17.0 Å². The average Bonchev–Trinajstić information content (AvgIpc) is 3.46. The van der Waals surface area contributed by atoms with Gasteiger partial charge in [0.1, 0.15) is 11.1 Å². The molecular weight excluding hydrogens is 530 g/mol. The maximum absolute atomic E-state index is 14.2. The second-order valence-electron chi connectivity index (χ2n) is 10.1. The van der Waals surface area contributed by atoms with Gasteiger partial charge >= 0.3 is 0 Å². The molecule has 0 aliphatic carbocycles. The highest BCUT2D eigenvalue weighted by atomic mass is 35.5. The molecule has 10 nitrogen and oxygen atoms in total. The van der Waals surface area contributed by atoms with Crippen LogP contribution in [0.3, 0.4) is 0 Å². The van der Waals surface area contributed by atoms with Crippen LogP contribution in [0.1, 0.15) is 53.1 Å². The monoisotopic (exact) mass is 557 g/mol. The smallest absolute Gasteiger partial charge is 0.269 e. The molecule has 40 heavy (non-hydrogen) atoms. The minimum Gasteiger partial charge on any atom is -0.480 e. The molecule has 0 bridgehead atoms. The SMILES string of the molecule is COc1nc(N(C)C)ncc1-c1cc2c(n1C(C)C)C(c1ccc(C#N)cc1)N(c1cc(Cl)c(=O)n(C)c1)C2=O. The second kappa shape index (κ2) is 10.2. The fourth-order valence-electron chi connectivity index (χ4n) is 5.13. The largest absolute Gasteiger partial charge is 0.480 e. The zero-order valence-electron chi connectivity index (χ0n) is 23.0. The molecule has 0 saturated carbocycles. The van der Waals surface area contributed by atoms with Gasteiger partial charge in [-0.25, -0.2) is 4.98 Å². The summed E-state index contributed by atoms with van der Waals surface area (Å²) in [6.07, 6.45) is 3.31. The normalized spacial score (nSPS) is 14.4. The summed E-state index contributed by atoms with van der Waals surface area (Å²) in [6.45, 7) is 4.08. The molecular formula is C29H28ClN7O3. The molecule has 0 saturated heterocycles. The van der Waals surface area contributed by atoms with Gasteiger partial charge in [0, 0.05) is 39.6 Å². The highest BCUT2D eigenvalue weighted by molar-refractivity contribution is 6.30. The molecule has 4 aromatic rings. The van der Waals surface area contributed by atoms with Gasteiger partial charge in [0.25, 0.3) is 11.5 Å². The standard InChI is InChI=1S/C29H28ClN7O3/c1-16(2)36-23(21-14-32-29(34(3)4)33-26(21)40-6)12-20-25(36)24(18-9-7-17(13-31)8-10-18)37(27(20)38)19-11-22(30)28(39)35(5)15-19/h7-12,14-16,24H,1-6H3. The van der Waals surface area contributed by atoms with Gasteiger partial charge in [-0.2, -0.15) is 10.2 Å². The van der Waals surface area contributed by atoms with E-state index >= 15 is 0 Å². The Bertz CT molecular complexity index is 1710. The first kappa shape index (κ1) is 27.0. The van der Waals surface area contributed by atoms with Crippen molar-refractivity contribution in [1.82, 2.24) is 19.1 Å².